The van der Waals surface area contributed by atoms with Crippen LogP contribution in [0, 0.1) is 0 Å². The number of nitrogens with zero attached hydrogens (tertiary/aromatic N) is 1. The molecule has 1 heterocycles. The van der Waals surface area contributed by atoms with Crippen LogP contribution < -0.4 is 5.73 Å². The number of carbonyl (C=O) groups is 2. The largest absolute Gasteiger partial charge is 0.351 e. The van der Waals surface area contributed by atoms with E-state index in [1.807, 2.05) is 0 Å². The van der Waals surface area contributed by atoms with Crippen LogP contribution in [0.4, 0.5) is 4.79 Å². The molecule has 1 aliphatic rings. The van der Waals surface area contributed by atoms with E-state index < -0.39 is 6.03 Å². The Kier molecular flexibility index (Phi) is 0.932. The number of hydrogen-bond acceptors (Lipinski definition) is 2. The second-order valence-electron chi connectivity index (χ2n) is 1.63. The van der Waals surface area contributed by atoms with Crippen molar-refractivity contribution in [3.05, 3.63) is 0 Å². The molecule has 1 saturated heterocycles. The Hall–Kier alpha value is -1.06. The average molecular weight is 114 g/mol. The number of carbonyl (C=O) groups excluding carboxylic acids is 2. The van der Waals surface area contributed by atoms with Crippen molar-refractivity contribution in [1.82, 2.24) is 4.90 Å². The van der Waals surface area contributed by atoms with Gasteiger partial charge in [-0.1, -0.05) is 0 Å². The van der Waals surface area contributed by atoms with Crippen LogP contribution in [-0.2, 0) is 4.79 Å². The third kappa shape index (κ3) is 0.538. The molecular formula is C4H6N2O2. The quantitative estimate of drug-likeness (QED) is 0.423. The van der Waals surface area contributed by atoms with E-state index in [1.54, 1.807) is 0 Å². The van der Waals surface area contributed by atoms with Gasteiger partial charge in [0.15, 0.2) is 0 Å². The molecule has 0 unspecified atom stereocenters. The van der Waals surface area contributed by atoms with Gasteiger partial charge in [-0.15, -0.1) is 0 Å². The highest BCUT2D eigenvalue weighted by Gasteiger charge is 2.27. The number of β-lactam (4-membered cyclic amide) rings is 1. The maximum Gasteiger partial charge on any atom is 0.321 e. The van der Waals surface area contributed by atoms with Crippen molar-refractivity contribution in [3.63, 3.8) is 0 Å². The van der Waals surface area contributed by atoms with E-state index in [0.29, 0.717) is 13.0 Å². The highest BCUT2D eigenvalue weighted by Crippen LogP contribution is 2.05. The van der Waals surface area contributed by atoms with Gasteiger partial charge in [0, 0.05) is 13.0 Å². The standard InChI is InChI=1S/C4H6N2O2/c5-4(8)6-2-1-3(6)7/h1-2H2,(H2,5,8). The summed E-state index contributed by atoms with van der Waals surface area (Å²) >= 11 is 0. The van der Waals surface area contributed by atoms with Crippen LogP contribution >= 0.6 is 0 Å². The first-order valence-corrected chi connectivity index (χ1v) is 2.31. The molecular weight excluding hydrogens is 108 g/mol. The van der Waals surface area contributed by atoms with Gasteiger partial charge in [-0.2, -0.15) is 0 Å². The summed E-state index contributed by atoms with van der Waals surface area (Å²) < 4.78 is 0. The van der Waals surface area contributed by atoms with E-state index in [1.165, 1.54) is 0 Å². The molecule has 44 valence electrons. The maximum absolute atomic E-state index is 10.3. The van der Waals surface area contributed by atoms with Gasteiger partial charge in [-0.3, -0.25) is 9.69 Å². The molecule has 1 aliphatic heterocycles. The summed E-state index contributed by atoms with van der Waals surface area (Å²) in [5.74, 6) is -0.169. The molecule has 1 rings (SSSR count). The zero-order chi connectivity index (χ0) is 6.15. The van der Waals surface area contributed by atoms with Crippen molar-refractivity contribution in [2.24, 2.45) is 5.73 Å². The van der Waals surface area contributed by atoms with Crippen LogP contribution in [0.2, 0.25) is 0 Å². The fourth-order valence-corrected chi connectivity index (χ4v) is 0.548. The summed E-state index contributed by atoms with van der Waals surface area (Å²) in [6.45, 7) is 0.494. The SMILES string of the molecule is NC(=O)N1CCC1=O. The molecule has 0 radical (unpaired) electrons. The smallest absolute Gasteiger partial charge is 0.321 e. The van der Waals surface area contributed by atoms with E-state index in [9.17, 15) is 9.59 Å². The molecule has 4 nitrogen and oxygen atoms in total. The van der Waals surface area contributed by atoms with E-state index >= 15 is 0 Å². The normalized spacial score (nSPS) is 18.0. The molecule has 8 heavy (non-hydrogen) atoms. The van der Waals surface area contributed by atoms with Crippen LogP contribution in [-0.4, -0.2) is 23.4 Å². The second-order valence-corrected chi connectivity index (χ2v) is 1.63. The summed E-state index contributed by atoms with van der Waals surface area (Å²) in [7, 11) is 0. The number of likely N-dealkylation sites (tertiary alicyclic amines) is 1. The maximum atomic E-state index is 10.3. The third-order valence-corrected chi connectivity index (χ3v) is 1.12. The van der Waals surface area contributed by atoms with Crippen LogP contribution in [0.1, 0.15) is 6.42 Å². The topological polar surface area (TPSA) is 63.4 Å². The van der Waals surface area contributed by atoms with Crippen molar-refractivity contribution in [3.8, 4) is 0 Å². The van der Waals surface area contributed by atoms with Crippen molar-refractivity contribution in [1.29, 1.82) is 0 Å². The number of amides is 3. The molecule has 1 fully saturated rings. The van der Waals surface area contributed by atoms with Crippen LogP contribution in [0.15, 0.2) is 0 Å². The highest BCUT2D eigenvalue weighted by atomic mass is 16.2. The molecule has 2 N–H and O–H groups in total. The van der Waals surface area contributed by atoms with Gasteiger partial charge in [0.25, 0.3) is 0 Å². The molecule has 0 aromatic heterocycles. The molecule has 0 atom stereocenters. The van der Waals surface area contributed by atoms with Crippen molar-refractivity contribution in [2.45, 2.75) is 6.42 Å². The van der Waals surface area contributed by atoms with Crippen LogP contribution in [0.25, 0.3) is 0 Å². The lowest BCUT2D eigenvalue weighted by atomic mass is 10.2. The zero-order valence-corrected chi connectivity index (χ0v) is 4.26. The molecule has 0 saturated carbocycles. The minimum absolute atomic E-state index is 0.169. The number of imide groups is 1. The Morgan fingerprint density at radius 2 is 2.38 bits per heavy atom. The molecule has 0 aliphatic carbocycles. The first kappa shape index (κ1) is 5.08. The Bertz CT molecular complexity index is 135. The molecule has 0 aromatic carbocycles. The lowest BCUT2D eigenvalue weighted by Gasteiger charge is -2.25. The average Bonchev–Trinajstić information content (AvgIpc) is 1.61. The van der Waals surface area contributed by atoms with E-state index in [0.717, 1.165) is 4.90 Å². The first-order valence-electron chi connectivity index (χ1n) is 2.31. The number of rotatable bonds is 0. The van der Waals surface area contributed by atoms with Crippen molar-refractivity contribution >= 4 is 11.9 Å². The number of nitrogens with two attached hydrogens (primary N) is 1. The number of urea groups is 1. The monoisotopic (exact) mass is 114 g/mol. The lowest BCUT2D eigenvalue weighted by molar-refractivity contribution is -0.135. The molecule has 0 bridgehead atoms. The molecule has 0 aromatic rings. The zero-order valence-electron chi connectivity index (χ0n) is 4.26. The van der Waals surface area contributed by atoms with Crippen LogP contribution in [0.5, 0.6) is 0 Å². The molecule has 4 heteroatoms. The predicted molar refractivity (Wildman–Crippen MR) is 25.9 cm³/mol. The fourth-order valence-electron chi connectivity index (χ4n) is 0.548. The van der Waals surface area contributed by atoms with Gasteiger partial charge >= 0.3 is 6.03 Å². The minimum atomic E-state index is -0.638. The van der Waals surface area contributed by atoms with Crippen LogP contribution in [0.3, 0.4) is 0 Å². The summed E-state index contributed by atoms with van der Waals surface area (Å²) in [4.78, 5) is 21.4. The summed E-state index contributed by atoms with van der Waals surface area (Å²) in [6.07, 6.45) is 0.461. The Morgan fingerprint density at radius 1 is 1.75 bits per heavy atom. The van der Waals surface area contributed by atoms with E-state index in [4.69, 9.17) is 5.73 Å². The van der Waals surface area contributed by atoms with Gasteiger partial charge in [-0.05, 0) is 0 Å². The van der Waals surface area contributed by atoms with Crippen molar-refractivity contribution in [2.75, 3.05) is 6.54 Å². The summed E-state index contributed by atoms with van der Waals surface area (Å²) in [5, 5.41) is 0. The first-order chi connectivity index (χ1) is 3.72. The lowest BCUT2D eigenvalue weighted by Crippen LogP contribution is -2.49. The second kappa shape index (κ2) is 1.47. The minimum Gasteiger partial charge on any atom is -0.351 e. The van der Waals surface area contributed by atoms with E-state index in [2.05, 4.69) is 0 Å². The Labute approximate surface area is 46.3 Å². The highest BCUT2D eigenvalue weighted by molar-refractivity contribution is 5.97. The van der Waals surface area contributed by atoms with Gasteiger partial charge in [0.05, 0.1) is 0 Å². The predicted octanol–water partition coefficient (Wildman–Crippen LogP) is -0.703. The fraction of sp³-hybridized carbons (Fsp3) is 0.500. The van der Waals surface area contributed by atoms with E-state index in [-0.39, 0.29) is 5.91 Å². The van der Waals surface area contributed by atoms with Gasteiger partial charge in [0.1, 0.15) is 0 Å². The Morgan fingerprint density at radius 3 is 2.38 bits per heavy atom. The molecule has 0 spiro atoms. The summed E-state index contributed by atoms with van der Waals surface area (Å²) in [5.41, 5.74) is 4.75. The molecule has 3 amide bonds. The van der Waals surface area contributed by atoms with Crippen molar-refractivity contribution < 1.29 is 9.59 Å². The summed E-state index contributed by atoms with van der Waals surface area (Å²) in [6, 6.07) is -0.638. The number of hydrogen-bond donors (Lipinski definition) is 1. The number of primary amides is 1. The van der Waals surface area contributed by atoms with Gasteiger partial charge in [-0.25, -0.2) is 4.79 Å². The van der Waals surface area contributed by atoms with Gasteiger partial charge < -0.3 is 5.73 Å². The third-order valence-electron chi connectivity index (χ3n) is 1.12. The Balaban J connectivity index is 2.49. The van der Waals surface area contributed by atoms with Gasteiger partial charge in [0.2, 0.25) is 5.91 Å².